The number of aliphatic hydroxyl groups excluding tert-OH is 2. The Kier molecular flexibility index (Phi) is 8.08. The molecule has 0 atom stereocenters. The molecule has 0 bridgehead atoms. The van der Waals surface area contributed by atoms with Gasteiger partial charge >= 0.3 is 0 Å². The van der Waals surface area contributed by atoms with Gasteiger partial charge < -0.3 is 31.1 Å². The first-order valence-electron chi connectivity index (χ1n) is 11.0. The smallest absolute Gasteiger partial charge is 0.200 e. The number of hydrogen-bond acceptors (Lipinski definition) is 8. The number of phenols is 2. The fraction of sp³-hybridized carbons (Fsp3) is 0.417. The zero-order chi connectivity index (χ0) is 23.1. The number of aliphatic hydroxyl groups is 2. The average Bonchev–Trinajstić information content (AvgIpc) is 2.78. The third kappa shape index (κ3) is 4.87. The summed E-state index contributed by atoms with van der Waals surface area (Å²) in [5.41, 5.74) is 0.942. The first kappa shape index (κ1) is 23.6. The summed E-state index contributed by atoms with van der Waals surface area (Å²) in [7, 11) is 0. The van der Waals surface area contributed by atoms with Crippen LogP contribution in [0.15, 0.2) is 24.3 Å². The maximum Gasteiger partial charge on any atom is 0.200 e. The lowest BCUT2D eigenvalue weighted by Gasteiger charge is -2.25. The highest BCUT2D eigenvalue weighted by Crippen LogP contribution is 2.42. The predicted molar refractivity (Wildman–Crippen MR) is 122 cm³/mol. The third-order valence-electron chi connectivity index (χ3n) is 5.58. The van der Waals surface area contributed by atoms with E-state index in [1.807, 2.05) is 0 Å². The second-order valence-corrected chi connectivity index (χ2v) is 7.84. The lowest BCUT2D eigenvalue weighted by Crippen LogP contribution is -2.25. The van der Waals surface area contributed by atoms with Crippen molar-refractivity contribution in [1.82, 2.24) is 0 Å². The monoisotopic (exact) mass is 442 g/mol. The summed E-state index contributed by atoms with van der Waals surface area (Å²) in [6.07, 6.45) is 4.59. The van der Waals surface area contributed by atoms with Crippen LogP contribution >= 0.6 is 0 Å². The number of unbranched alkanes of at least 4 members (excludes halogenated alkanes) is 4. The second-order valence-electron chi connectivity index (χ2n) is 7.84. The van der Waals surface area contributed by atoms with Crippen LogP contribution in [-0.4, -0.2) is 58.3 Å². The molecule has 0 aromatic heterocycles. The van der Waals surface area contributed by atoms with E-state index in [1.54, 1.807) is 12.1 Å². The summed E-state index contributed by atoms with van der Waals surface area (Å²) in [6, 6.07) is 5.87. The molecular weight excluding hydrogens is 412 g/mol. The summed E-state index contributed by atoms with van der Waals surface area (Å²) < 4.78 is 0. The van der Waals surface area contributed by atoms with Crippen LogP contribution in [-0.2, 0) is 0 Å². The van der Waals surface area contributed by atoms with Crippen LogP contribution in [0.3, 0.4) is 0 Å². The molecule has 8 nitrogen and oxygen atoms in total. The maximum atomic E-state index is 13.4. The molecule has 0 aliphatic heterocycles. The molecule has 0 saturated heterocycles. The Morgan fingerprint density at radius 2 is 0.969 bits per heavy atom. The van der Waals surface area contributed by atoms with Gasteiger partial charge in [0.05, 0.1) is 22.3 Å². The number of aromatic hydroxyl groups is 2. The number of fused-ring (bicyclic) bond motifs is 2. The molecule has 0 spiro atoms. The molecule has 8 heteroatoms. The van der Waals surface area contributed by atoms with E-state index < -0.39 is 11.6 Å². The molecule has 0 amide bonds. The van der Waals surface area contributed by atoms with Crippen LogP contribution < -0.4 is 10.6 Å². The number of hydrogen-bond donors (Lipinski definition) is 6. The Hall–Kier alpha value is -3.10. The van der Waals surface area contributed by atoms with Crippen molar-refractivity contribution >= 4 is 22.9 Å². The molecule has 172 valence electrons. The number of carbonyl (C=O) groups is 2. The highest BCUT2D eigenvalue weighted by molar-refractivity contribution is 6.33. The van der Waals surface area contributed by atoms with E-state index >= 15 is 0 Å². The van der Waals surface area contributed by atoms with Crippen LogP contribution in [0, 0.1) is 0 Å². The fourth-order valence-corrected chi connectivity index (χ4v) is 3.93. The van der Waals surface area contributed by atoms with E-state index in [4.69, 9.17) is 10.2 Å². The van der Waals surface area contributed by atoms with E-state index in [1.165, 1.54) is 12.1 Å². The molecule has 1 aliphatic rings. The van der Waals surface area contributed by atoms with E-state index in [0.717, 1.165) is 25.7 Å². The van der Waals surface area contributed by atoms with E-state index in [2.05, 4.69) is 10.6 Å². The van der Waals surface area contributed by atoms with Crippen molar-refractivity contribution in [2.75, 3.05) is 36.9 Å². The largest absolute Gasteiger partial charge is 0.507 e. The minimum Gasteiger partial charge on any atom is -0.507 e. The van der Waals surface area contributed by atoms with Crippen molar-refractivity contribution < 1.29 is 30.0 Å². The van der Waals surface area contributed by atoms with Crippen LogP contribution in [0.2, 0.25) is 0 Å². The summed E-state index contributed by atoms with van der Waals surface area (Å²) in [5.74, 6) is -1.74. The van der Waals surface area contributed by atoms with Gasteiger partial charge in [-0.1, -0.05) is 0 Å². The van der Waals surface area contributed by atoms with Gasteiger partial charge in [0.1, 0.15) is 11.5 Å². The zero-order valence-electron chi connectivity index (χ0n) is 18.0. The van der Waals surface area contributed by atoms with Crippen LogP contribution in [0.5, 0.6) is 11.5 Å². The molecule has 0 fully saturated rings. The lowest BCUT2D eigenvalue weighted by molar-refractivity contribution is 0.0975. The van der Waals surface area contributed by atoms with E-state index in [-0.39, 0.29) is 47.0 Å². The number of ketones is 2. The SMILES string of the molecule is O=C1c2c(O)ccc(O)c2C(=O)c2c(NCCCCCO)ccc(NCCCCCO)c21. The molecule has 32 heavy (non-hydrogen) atoms. The van der Waals surface area contributed by atoms with Crippen molar-refractivity contribution in [2.24, 2.45) is 0 Å². The number of carbonyl (C=O) groups excluding carboxylic acids is 2. The molecule has 0 radical (unpaired) electrons. The Morgan fingerprint density at radius 3 is 1.34 bits per heavy atom. The molecule has 3 rings (SSSR count). The first-order chi connectivity index (χ1) is 15.5. The van der Waals surface area contributed by atoms with Gasteiger partial charge in [-0.05, 0) is 62.8 Å². The summed E-state index contributed by atoms with van der Waals surface area (Å²) >= 11 is 0. The standard InChI is InChI=1S/C24H30N2O6/c27-13-5-1-3-11-25-15-7-8-16(26-12-4-2-6-14-28)20-19(15)23(31)21-17(29)9-10-18(30)22(21)24(20)32/h7-10,25-30H,1-6,11-14H2. The third-order valence-corrected chi connectivity index (χ3v) is 5.58. The molecule has 2 aromatic rings. The number of nitrogens with one attached hydrogen (secondary N) is 2. The predicted octanol–water partition coefficient (Wildman–Crippen LogP) is 3.02. The Balaban J connectivity index is 1.97. The fourth-order valence-electron chi connectivity index (χ4n) is 3.93. The maximum absolute atomic E-state index is 13.4. The average molecular weight is 443 g/mol. The van der Waals surface area contributed by atoms with Gasteiger partial charge in [0, 0.05) is 37.7 Å². The second kappa shape index (κ2) is 11.0. The van der Waals surface area contributed by atoms with Crippen molar-refractivity contribution in [3.05, 3.63) is 46.5 Å². The minimum absolute atomic E-state index is 0.126. The molecule has 2 aromatic carbocycles. The summed E-state index contributed by atoms with van der Waals surface area (Å²) in [6.45, 7) is 1.36. The molecule has 0 saturated carbocycles. The quantitative estimate of drug-likeness (QED) is 0.186. The Morgan fingerprint density at radius 1 is 0.562 bits per heavy atom. The summed E-state index contributed by atoms with van der Waals surface area (Å²) in [5, 5.41) is 44.8. The van der Waals surface area contributed by atoms with Crippen LogP contribution in [0.1, 0.15) is 70.4 Å². The summed E-state index contributed by atoms with van der Waals surface area (Å²) in [4.78, 5) is 26.8. The van der Waals surface area contributed by atoms with Crippen molar-refractivity contribution in [1.29, 1.82) is 0 Å². The zero-order valence-corrected chi connectivity index (χ0v) is 18.0. The van der Waals surface area contributed by atoms with E-state index in [9.17, 15) is 19.8 Å². The highest BCUT2D eigenvalue weighted by Gasteiger charge is 2.37. The Labute approximate surface area is 186 Å². The van der Waals surface area contributed by atoms with Crippen LogP contribution in [0.4, 0.5) is 11.4 Å². The first-order valence-corrected chi connectivity index (χ1v) is 11.0. The number of rotatable bonds is 12. The van der Waals surface area contributed by atoms with Gasteiger partial charge in [-0.2, -0.15) is 0 Å². The van der Waals surface area contributed by atoms with Gasteiger partial charge in [0.15, 0.2) is 0 Å². The Bertz CT molecular complexity index is 911. The highest BCUT2D eigenvalue weighted by atomic mass is 16.3. The number of anilines is 2. The molecule has 0 heterocycles. The van der Waals surface area contributed by atoms with Crippen molar-refractivity contribution in [3.8, 4) is 11.5 Å². The van der Waals surface area contributed by atoms with Crippen molar-refractivity contribution in [3.63, 3.8) is 0 Å². The van der Waals surface area contributed by atoms with Gasteiger partial charge in [0.25, 0.3) is 0 Å². The normalized spacial score (nSPS) is 12.4. The van der Waals surface area contributed by atoms with Gasteiger partial charge in [-0.15, -0.1) is 0 Å². The topological polar surface area (TPSA) is 139 Å². The lowest BCUT2D eigenvalue weighted by atomic mass is 9.81. The van der Waals surface area contributed by atoms with Crippen molar-refractivity contribution in [2.45, 2.75) is 38.5 Å². The van der Waals surface area contributed by atoms with E-state index in [0.29, 0.717) is 37.3 Å². The van der Waals surface area contributed by atoms with Crippen LogP contribution in [0.25, 0.3) is 0 Å². The molecular formula is C24H30N2O6. The van der Waals surface area contributed by atoms with Gasteiger partial charge in [-0.3, -0.25) is 9.59 Å². The van der Waals surface area contributed by atoms with Gasteiger partial charge in [-0.25, -0.2) is 0 Å². The minimum atomic E-state index is -0.523. The molecule has 0 unspecified atom stereocenters. The van der Waals surface area contributed by atoms with Gasteiger partial charge in [0.2, 0.25) is 11.6 Å². The molecule has 1 aliphatic carbocycles. The molecule has 6 N–H and O–H groups in total. The number of phenolic OH excluding ortho intramolecular Hbond substituents is 2. The number of benzene rings is 2.